The predicted molar refractivity (Wildman–Crippen MR) is 111 cm³/mol. The molecule has 1 aliphatic heterocycles. The molecule has 0 saturated heterocycles. The Labute approximate surface area is 175 Å². The molecule has 4 rings (SSSR count). The Balaban J connectivity index is 1.33. The van der Waals surface area contributed by atoms with Crippen LogP contribution in [-0.2, 0) is 11.2 Å². The van der Waals surface area contributed by atoms with Crippen molar-refractivity contribution in [2.45, 2.75) is 26.2 Å². The smallest absolute Gasteiger partial charge is 0.261 e. The number of hydrogen-bond donors (Lipinski definition) is 1. The van der Waals surface area contributed by atoms with Gasteiger partial charge in [0.05, 0.1) is 11.1 Å². The minimum atomic E-state index is -0.324. The highest BCUT2D eigenvalue weighted by atomic mass is 79.9. The number of aryl methyl sites for hydroxylation is 1. The fourth-order valence-corrected chi connectivity index (χ4v) is 3.65. The van der Waals surface area contributed by atoms with Crippen molar-refractivity contribution >= 4 is 50.4 Å². The third-order valence-corrected chi connectivity index (χ3v) is 5.23. The van der Waals surface area contributed by atoms with Gasteiger partial charge in [0.25, 0.3) is 11.8 Å². The molecule has 0 unspecified atom stereocenters. The van der Waals surface area contributed by atoms with Crippen molar-refractivity contribution in [1.29, 1.82) is 0 Å². The molecular weight excluding hydrogens is 438 g/mol. The normalized spacial score (nSPS) is 13.2. The fourth-order valence-electron chi connectivity index (χ4n) is 3.29. The second-order valence-electron chi connectivity index (χ2n) is 6.75. The number of rotatable bonds is 6. The average molecular weight is 456 g/mol. The van der Waals surface area contributed by atoms with Gasteiger partial charge in [-0.3, -0.25) is 19.3 Å². The van der Waals surface area contributed by atoms with Gasteiger partial charge in [-0.2, -0.15) is 0 Å². The summed E-state index contributed by atoms with van der Waals surface area (Å²) in [4.78, 5) is 42.7. The molecule has 1 aromatic heterocycles. The lowest BCUT2D eigenvalue weighted by Crippen LogP contribution is -2.31. The summed E-state index contributed by atoms with van der Waals surface area (Å²) < 4.78 is 6.30. The number of aromatic nitrogens is 1. The van der Waals surface area contributed by atoms with Crippen LogP contribution in [-0.4, -0.2) is 34.2 Å². The van der Waals surface area contributed by atoms with E-state index < -0.39 is 0 Å². The van der Waals surface area contributed by atoms with Crippen LogP contribution >= 0.6 is 15.9 Å². The van der Waals surface area contributed by atoms with Gasteiger partial charge in [-0.05, 0) is 42.8 Å². The number of hydrogen-bond acceptors (Lipinski definition) is 5. The number of fused-ring (bicyclic) bond motifs is 2. The van der Waals surface area contributed by atoms with Crippen molar-refractivity contribution in [3.8, 4) is 0 Å². The molecule has 0 radical (unpaired) electrons. The highest BCUT2D eigenvalue weighted by Crippen LogP contribution is 2.26. The summed E-state index contributed by atoms with van der Waals surface area (Å²) in [6, 6.07) is 10.3. The van der Waals surface area contributed by atoms with E-state index in [0.29, 0.717) is 46.6 Å². The van der Waals surface area contributed by atoms with E-state index in [1.54, 1.807) is 36.4 Å². The Bertz CT molecular complexity index is 1140. The van der Waals surface area contributed by atoms with Crippen LogP contribution in [0.15, 0.2) is 45.3 Å². The van der Waals surface area contributed by atoms with Crippen LogP contribution < -0.4 is 5.32 Å². The molecule has 3 aromatic rings. The quantitative estimate of drug-likeness (QED) is 0.563. The number of anilines is 1. The second kappa shape index (κ2) is 7.79. The van der Waals surface area contributed by atoms with Gasteiger partial charge >= 0.3 is 0 Å². The predicted octanol–water partition coefficient (Wildman–Crippen LogP) is 4.17. The van der Waals surface area contributed by atoms with Crippen LogP contribution in [0.3, 0.4) is 0 Å². The summed E-state index contributed by atoms with van der Waals surface area (Å²) in [5.74, 6) is -0.185. The van der Waals surface area contributed by atoms with Crippen molar-refractivity contribution in [1.82, 2.24) is 9.88 Å². The summed E-state index contributed by atoms with van der Waals surface area (Å²) >= 11 is 3.31. The number of amides is 3. The molecule has 0 spiro atoms. The first-order valence-electron chi connectivity index (χ1n) is 9.31. The van der Waals surface area contributed by atoms with Gasteiger partial charge in [0.15, 0.2) is 11.5 Å². The zero-order valence-corrected chi connectivity index (χ0v) is 17.3. The lowest BCUT2D eigenvalue weighted by Gasteiger charge is -2.13. The highest BCUT2D eigenvalue weighted by Gasteiger charge is 2.35. The molecule has 0 atom stereocenters. The average Bonchev–Trinajstić information content (AvgIpc) is 3.21. The second-order valence-corrected chi connectivity index (χ2v) is 7.66. The Hall–Kier alpha value is -3.00. The molecule has 29 heavy (non-hydrogen) atoms. The van der Waals surface area contributed by atoms with Gasteiger partial charge in [-0.1, -0.05) is 22.9 Å². The number of imide groups is 1. The number of oxazole rings is 1. The molecule has 148 valence electrons. The van der Waals surface area contributed by atoms with E-state index >= 15 is 0 Å². The standard InChI is InChI=1S/C21H18BrN3O4/c1-2-19-24-16-11-13(6-8-17(16)29-19)23-18(26)4-3-9-25-20(27)14-7-5-12(22)10-15(14)21(25)28/h5-8,10-11H,2-4,9H2,1H3,(H,23,26). The largest absolute Gasteiger partial charge is 0.441 e. The van der Waals surface area contributed by atoms with Crippen molar-refractivity contribution < 1.29 is 18.8 Å². The van der Waals surface area contributed by atoms with E-state index in [2.05, 4.69) is 26.2 Å². The zero-order chi connectivity index (χ0) is 20.5. The minimum Gasteiger partial charge on any atom is -0.441 e. The lowest BCUT2D eigenvalue weighted by molar-refractivity contribution is -0.116. The first-order valence-corrected chi connectivity index (χ1v) is 10.1. The van der Waals surface area contributed by atoms with Crippen LogP contribution in [0.1, 0.15) is 46.4 Å². The topological polar surface area (TPSA) is 92.5 Å². The van der Waals surface area contributed by atoms with Crippen LogP contribution in [0, 0.1) is 0 Å². The molecule has 8 heteroatoms. The van der Waals surface area contributed by atoms with E-state index in [4.69, 9.17) is 4.42 Å². The van der Waals surface area contributed by atoms with E-state index in [9.17, 15) is 14.4 Å². The van der Waals surface area contributed by atoms with Crippen molar-refractivity contribution in [3.05, 3.63) is 57.9 Å². The summed E-state index contributed by atoms with van der Waals surface area (Å²) in [5.41, 5.74) is 2.79. The number of halogens is 1. The molecule has 2 heterocycles. The van der Waals surface area contributed by atoms with Crippen molar-refractivity contribution in [3.63, 3.8) is 0 Å². The molecule has 0 aliphatic carbocycles. The van der Waals surface area contributed by atoms with Gasteiger partial charge < -0.3 is 9.73 Å². The van der Waals surface area contributed by atoms with E-state index in [1.165, 1.54) is 4.90 Å². The van der Waals surface area contributed by atoms with Crippen molar-refractivity contribution in [2.24, 2.45) is 0 Å². The SMILES string of the molecule is CCc1nc2cc(NC(=O)CCCN3C(=O)c4ccc(Br)cc4C3=O)ccc2o1. The number of carbonyl (C=O) groups excluding carboxylic acids is 3. The van der Waals surface area contributed by atoms with E-state index in [-0.39, 0.29) is 30.7 Å². The Morgan fingerprint density at radius 1 is 1.14 bits per heavy atom. The number of benzene rings is 2. The number of carbonyl (C=O) groups is 3. The molecular formula is C21H18BrN3O4. The monoisotopic (exact) mass is 455 g/mol. The van der Waals surface area contributed by atoms with Crippen LogP contribution in [0.25, 0.3) is 11.1 Å². The van der Waals surface area contributed by atoms with Gasteiger partial charge in [0, 0.05) is 29.5 Å². The molecule has 0 saturated carbocycles. The van der Waals surface area contributed by atoms with Crippen LogP contribution in [0.4, 0.5) is 5.69 Å². The minimum absolute atomic E-state index is 0.189. The van der Waals surface area contributed by atoms with Gasteiger partial charge in [0.1, 0.15) is 5.52 Å². The molecule has 0 fully saturated rings. The van der Waals surface area contributed by atoms with Gasteiger partial charge in [-0.25, -0.2) is 4.98 Å². The Morgan fingerprint density at radius 3 is 2.72 bits per heavy atom. The highest BCUT2D eigenvalue weighted by molar-refractivity contribution is 9.10. The molecule has 3 amide bonds. The zero-order valence-electron chi connectivity index (χ0n) is 15.7. The fraction of sp³-hybridized carbons (Fsp3) is 0.238. The first kappa shape index (κ1) is 19.3. The molecule has 1 N–H and O–H groups in total. The summed E-state index contributed by atoms with van der Waals surface area (Å²) in [6.07, 6.45) is 1.27. The Kier molecular flexibility index (Phi) is 5.19. The third-order valence-electron chi connectivity index (χ3n) is 4.74. The van der Waals surface area contributed by atoms with E-state index in [1.807, 2.05) is 6.92 Å². The number of nitrogens with one attached hydrogen (secondary N) is 1. The molecule has 0 bridgehead atoms. The first-order chi connectivity index (χ1) is 14.0. The summed E-state index contributed by atoms with van der Waals surface area (Å²) in [7, 11) is 0. The van der Waals surface area contributed by atoms with E-state index in [0.717, 1.165) is 4.47 Å². The lowest BCUT2D eigenvalue weighted by atomic mass is 10.1. The number of nitrogens with zero attached hydrogens (tertiary/aromatic N) is 2. The molecule has 1 aliphatic rings. The van der Waals surface area contributed by atoms with Gasteiger partial charge in [0.2, 0.25) is 5.91 Å². The van der Waals surface area contributed by atoms with Crippen molar-refractivity contribution in [2.75, 3.05) is 11.9 Å². The summed E-state index contributed by atoms with van der Waals surface area (Å²) in [6.45, 7) is 2.15. The molecule has 2 aromatic carbocycles. The summed E-state index contributed by atoms with van der Waals surface area (Å²) in [5, 5.41) is 2.82. The maximum absolute atomic E-state index is 12.4. The maximum Gasteiger partial charge on any atom is 0.261 e. The Morgan fingerprint density at radius 2 is 1.93 bits per heavy atom. The van der Waals surface area contributed by atoms with Gasteiger partial charge in [-0.15, -0.1) is 0 Å². The molecule has 7 nitrogen and oxygen atoms in total. The van der Waals surface area contributed by atoms with Crippen LogP contribution in [0.2, 0.25) is 0 Å². The maximum atomic E-state index is 12.4. The van der Waals surface area contributed by atoms with Crippen LogP contribution in [0.5, 0.6) is 0 Å². The third kappa shape index (κ3) is 3.80.